The maximum atomic E-state index is 12.9. The first kappa shape index (κ1) is 16.8. The summed E-state index contributed by atoms with van der Waals surface area (Å²) in [4.78, 5) is 2.44. The molecule has 2 heterocycles. The summed E-state index contributed by atoms with van der Waals surface area (Å²) in [5.74, 6) is 0.222. The molecule has 2 atom stereocenters. The number of hydrogen-bond donors (Lipinski definition) is 1. The zero-order chi connectivity index (χ0) is 13.9. The Hall–Kier alpha value is -0.550. The van der Waals surface area contributed by atoms with Crippen molar-refractivity contribution in [3.8, 4) is 5.75 Å². The van der Waals surface area contributed by atoms with Gasteiger partial charge in [0, 0.05) is 25.2 Å². The van der Waals surface area contributed by atoms with Crippen LogP contribution < -0.4 is 10.1 Å². The average molecular weight is 335 g/mol. The molecule has 2 saturated heterocycles. The third-order valence-electron chi connectivity index (χ3n) is 4.17. The molecule has 3 nitrogen and oxygen atoms in total. The number of fused-ring (bicyclic) bond motifs is 2. The first-order chi connectivity index (χ1) is 9.70. The van der Waals surface area contributed by atoms with Crippen LogP contribution in [0.25, 0.3) is 0 Å². The van der Waals surface area contributed by atoms with Crippen LogP contribution in [0.15, 0.2) is 18.2 Å². The van der Waals surface area contributed by atoms with Crippen molar-refractivity contribution in [3.63, 3.8) is 0 Å². The van der Waals surface area contributed by atoms with Gasteiger partial charge in [0.05, 0.1) is 5.02 Å². The van der Waals surface area contributed by atoms with Gasteiger partial charge in [-0.15, -0.1) is 12.4 Å². The highest BCUT2D eigenvalue weighted by Gasteiger charge is 2.28. The van der Waals surface area contributed by atoms with Gasteiger partial charge in [0.2, 0.25) is 0 Å². The largest absolute Gasteiger partial charge is 0.491 e. The molecule has 0 amide bonds. The van der Waals surface area contributed by atoms with Gasteiger partial charge in [0.25, 0.3) is 0 Å². The number of nitrogens with one attached hydrogen (secondary N) is 1. The van der Waals surface area contributed by atoms with Crippen molar-refractivity contribution in [2.45, 2.75) is 31.3 Å². The molecule has 118 valence electrons. The standard InChI is InChI=1S/C15H20ClFN2O.ClH/c16-14-9-11(17)1-4-15(14)20-8-7-19-6-5-12-2-3-13(10-19)18-12;/h1,4,9,12-13,18H,2-3,5-8,10H2;1H. The summed E-state index contributed by atoms with van der Waals surface area (Å²) < 4.78 is 18.6. The minimum Gasteiger partial charge on any atom is -0.491 e. The molecule has 2 bridgehead atoms. The summed E-state index contributed by atoms with van der Waals surface area (Å²) in [6.45, 7) is 3.69. The minimum atomic E-state index is -0.336. The van der Waals surface area contributed by atoms with E-state index < -0.39 is 0 Å². The van der Waals surface area contributed by atoms with Crippen LogP contribution >= 0.6 is 24.0 Å². The molecule has 0 saturated carbocycles. The molecule has 0 aromatic heterocycles. The molecule has 0 radical (unpaired) electrons. The number of hydrogen-bond acceptors (Lipinski definition) is 3. The second kappa shape index (κ2) is 7.63. The number of halogens is 3. The van der Waals surface area contributed by atoms with Crippen molar-refractivity contribution in [1.29, 1.82) is 0 Å². The van der Waals surface area contributed by atoms with Crippen LogP contribution in [-0.2, 0) is 0 Å². The monoisotopic (exact) mass is 334 g/mol. The Balaban J connectivity index is 0.00000161. The predicted octanol–water partition coefficient (Wildman–Crippen LogP) is 3.11. The van der Waals surface area contributed by atoms with Gasteiger partial charge in [-0.1, -0.05) is 11.6 Å². The van der Waals surface area contributed by atoms with E-state index in [0.717, 1.165) is 19.6 Å². The molecule has 2 aliphatic rings. The van der Waals surface area contributed by atoms with Crippen molar-refractivity contribution in [1.82, 2.24) is 10.2 Å². The van der Waals surface area contributed by atoms with Gasteiger partial charge in [0.15, 0.2) is 0 Å². The lowest BCUT2D eigenvalue weighted by Gasteiger charge is -2.23. The molecule has 1 aromatic carbocycles. The van der Waals surface area contributed by atoms with E-state index in [-0.39, 0.29) is 18.2 Å². The summed E-state index contributed by atoms with van der Waals surface area (Å²) in [6.07, 6.45) is 3.82. The second-order valence-corrected chi connectivity index (χ2v) is 6.06. The maximum absolute atomic E-state index is 12.9. The molecular weight excluding hydrogens is 314 g/mol. The van der Waals surface area contributed by atoms with E-state index in [9.17, 15) is 4.39 Å². The fraction of sp³-hybridized carbons (Fsp3) is 0.600. The summed E-state index contributed by atoms with van der Waals surface area (Å²) in [5.41, 5.74) is 0. The lowest BCUT2D eigenvalue weighted by molar-refractivity contribution is 0.201. The molecule has 0 spiro atoms. The van der Waals surface area contributed by atoms with Crippen molar-refractivity contribution in [2.75, 3.05) is 26.2 Å². The smallest absolute Gasteiger partial charge is 0.138 e. The lowest BCUT2D eigenvalue weighted by Crippen LogP contribution is -2.37. The lowest BCUT2D eigenvalue weighted by atomic mass is 10.1. The number of likely N-dealkylation sites (tertiary alicyclic amines) is 1. The molecule has 1 N–H and O–H groups in total. The van der Waals surface area contributed by atoms with Crippen molar-refractivity contribution < 1.29 is 9.13 Å². The SMILES string of the molecule is Cl.Fc1ccc(OCCN2CCC3CCC(C2)N3)c(Cl)c1. The van der Waals surface area contributed by atoms with Gasteiger partial charge in [0.1, 0.15) is 18.2 Å². The van der Waals surface area contributed by atoms with E-state index in [1.54, 1.807) is 6.07 Å². The molecule has 1 aromatic rings. The zero-order valence-electron chi connectivity index (χ0n) is 11.9. The summed E-state index contributed by atoms with van der Waals surface area (Å²) in [5, 5.41) is 4.00. The minimum absolute atomic E-state index is 0. The Kier molecular flexibility index (Phi) is 6.11. The normalized spacial score (nSPS) is 25.2. The van der Waals surface area contributed by atoms with Gasteiger partial charge in [-0.25, -0.2) is 4.39 Å². The van der Waals surface area contributed by atoms with Crippen LogP contribution in [0.3, 0.4) is 0 Å². The Bertz CT molecular complexity index is 475. The topological polar surface area (TPSA) is 24.5 Å². The summed E-state index contributed by atoms with van der Waals surface area (Å²) in [7, 11) is 0. The Labute approximate surface area is 136 Å². The third-order valence-corrected chi connectivity index (χ3v) is 4.46. The maximum Gasteiger partial charge on any atom is 0.138 e. The van der Waals surface area contributed by atoms with Gasteiger partial charge < -0.3 is 10.1 Å². The number of benzene rings is 1. The van der Waals surface area contributed by atoms with Crippen molar-refractivity contribution >= 4 is 24.0 Å². The van der Waals surface area contributed by atoms with E-state index in [1.807, 2.05) is 0 Å². The molecule has 0 aliphatic carbocycles. The Morgan fingerprint density at radius 3 is 2.90 bits per heavy atom. The van der Waals surface area contributed by atoms with Crippen molar-refractivity contribution in [2.24, 2.45) is 0 Å². The molecular formula is C15H21Cl2FN2O. The van der Waals surface area contributed by atoms with Gasteiger partial charge in [-0.3, -0.25) is 4.90 Å². The van der Waals surface area contributed by atoms with Crippen LogP contribution in [0.1, 0.15) is 19.3 Å². The first-order valence-corrected chi connectivity index (χ1v) is 7.65. The molecule has 3 rings (SSSR count). The highest BCUT2D eigenvalue weighted by atomic mass is 35.5. The highest BCUT2D eigenvalue weighted by molar-refractivity contribution is 6.32. The summed E-state index contributed by atoms with van der Waals surface area (Å²) in [6, 6.07) is 5.58. The number of ether oxygens (including phenoxy) is 1. The second-order valence-electron chi connectivity index (χ2n) is 5.65. The number of nitrogens with zero attached hydrogens (tertiary/aromatic N) is 1. The first-order valence-electron chi connectivity index (χ1n) is 7.27. The Morgan fingerprint density at radius 2 is 2.10 bits per heavy atom. The molecule has 21 heavy (non-hydrogen) atoms. The predicted molar refractivity (Wildman–Crippen MR) is 85.2 cm³/mol. The highest BCUT2D eigenvalue weighted by Crippen LogP contribution is 2.25. The quantitative estimate of drug-likeness (QED) is 0.915. The van der Waals surface area contributed by atoms with E-state index in [1.165, 1.54) is 31.4 Å². The fourth-order valence-corrected chi connectivity index (χ4v) is 3.32. The fourth-order valence-electron chi connectivity index (χ4n) is 3.10. The van der Waals surface area contributed by atoms with Crippen molar-refractivity contribution in [3.05, 3.63) is 29.0 Å². The van der Waals surface area contributed by atoms with Crippen LogP contribution in [0.4, 0.5) is 4.39 Å². The van der Waals surface area contributed by atoms with Crippen LogP contribution in [-0.4, -0.2) is 43.2 Å². The van der Waals surface area contributed by atoms with E-state index >= 15 is 0 Å². The van der Waals surface area contributed by atoms with Gasteiger partial charge >= 0.3 is 0 Å². The van der Waals surface area contributed by atoms with E-state index in [0.29, 0.717) is 29.5 Å². The Morgan fingerprint density at radius 1 is 1.29 bits per heavy atom. The third kappa shape index (κ3) is 4.46. The molecule has 6 heteroatoms. The van der Waals surface area contributed by atoms with Gasteiger partial charge in [-0.2, -0.15) is 0 Å². The van der Waals surface area contributed by atoms with E-state index in [4.69, 9.17) is 16.3 Å². The molecule has 2 aliphatic heterocycles. The molecule has 2 fully saturated rings. The van der Waals surface area contributed by atoms with E-state index in [2.05, 4.69) is 10.2 Å². The average Bonchev–Trinajstić information content (AvgIpc) is 2.74. The van der Waals surface area contributed by atoms with Gasteiger partial charge in [-0.05, 0) is 44.0 Å². The van der Waals surface area contributed by atoms with Crippen LogP contribution in [0, 0.1) is 5.82 Å². The molecule has 2 unspecified atom stereocenters. The van der Waals surface area contributed by atoms with Crippen LogP contribution in [0.2, 0.25) is 5.02 Å². The number of rotatable bonds is 4. The zero-order valence-corrected chi connectivity index (χ0v) is 13.4. The van der Waals surface area contributed by atoms with Crippen LogP contribution in [0.5, 0.6) is 5.75 Å². The summed E-state index contributed by atoms with van der Waals surface area (Å²) >= 11 is 5.94.